The lowest BCUT2D eigenvalue weighted by atomic mass is 10.0. The van der Waals surface area contributed by atoms with E-state index in [1.165, 1.54) is 12.3 Å². The van der Waals surface area contributed by atoms with Crippen molar-refractivity contribution in [2.45, 2.75) is 19.3 Å². The van der Waals surface area contributed by atoms with E-state index < -0.39 is 36.5 Å². The zero-order valence-electron chi connectivity index (χ0n) is 17.6. The Morgan fingerprint density at radius 1 is 1.14 bits per heavy atom. The molecule has 4 aromatic heterocycles. The summed E-state index contributed by atoms with van der Waals surface area (Å²) in [5.41, 5.74) is 6.74. The molecule has 0 amide bonds. The number of rotatable bonds is 5. The smallest absolute Gasteiger partial charge is 0.439 e. The molecule has 0 atom stereocenters. The van der Waals surface area contributed by atoms with Crippen LogP contribution < -0.4 is 11.4 Å². The van der Waals surface area contributed by atoms with Crippen LogP contribution in [0.25, 0.3) is 28.0 Å². The molecule has 0 aliphatic heterocycles. The number of halogens is 3. The summed E-state index contributed by atoms with van der Waals surface area (Å²) in [4.78, 5) is 21.1. The minimum absolute atomic E-state index is 0.0234. The Hall–Kier alpha value is -4.59. The van der Waals surface area contributed by atoms with Crippen LogP contribution in [-0.4, -0.2) is 39.5 Å². The predicted octanol–water partition coefficient (Wildman–Crippen LogP) is 2.14. The number of anilines is 1. The first kappa shape index (κ1) is 22.2. The summed E-state index contributed by atoms with van der Waals surface area (Å²) in [7, 11) is 0. The highest BCUT2D eigenvalue weighted by atomic mass is 19.4. The van der Waals surface area contributed by atoms with Crippen molar-refractivity contribution < 1.29 is 22.7 Å². The van der Waals surface area contributed by atoms with Crippen molar-refractivity contribution >= 4 is 11.6 Å². The van der Waals surface area contributed by atoms with Crippen LogP contribution in [-0.2, 0) is 19.3 Å². The summed E-state index contributed by atoms with van der Waals surface area (Å²) in [5, 5.41) is 21.5. The van der Waals surface area contributed by atoms with E-state index in [0.29, 0.717) is 28.8 Å². The molecule has 11 nitrogen and oxygen atoms in total. The van der Waals surface area contributed by atoms with Gasteiger partial charge in [0.2, 0.25) is 11.7 Å². The molecule has 0 aliphatic carbocycles. The molecule has 178 valence electrons. The number of oxazole rings is 1. The molecule has 0 spiro atoms. The molecule has 35 heavy (non-hydrogen) atoms. The SMILES string of the molecule is Nc1nc(-c2ccccc2)c(-c2cnnc(CO)c2)c2nn(Cc3ncoc3C(F)(F)F)c(=O)n12. The zero-order valence-corrected chi connectivity index (χ0v) is 17.6. The summed E-state index contributed by atoms with van der Waals surface area (Å²) in [5.74, 6) is -1.55. The van der Waals surface area contributed by atoms with Crippen LogP contribution in [0.2, 0.25) is 0 Å². The van der Waals surface area contributed by atoms with Crippen molar-refractivity contribution in [3.05, 3.63) is 76.6 Å². The van der Waals surface area contributed by atoms with Gasteiger partial charge in [-0.1, -0.05) is 30.3 Å². The number of fused-ring (bicyclic) bond motifs is 1. The Morgan fingerprint density at radius 3 is 2.63 bits per heavy atom. The Balaban J connectivity index is 1.78. The number of aliphatic hydroxyl groups is 1. The minimum Gasteiger partial charge on any atom is -0.439 e. The number of nitrogen functional groups attached to an aromatic ring is 1. The maximum Gasteiger partial charge on any atom is 0.451 e. The van der Waals surface area contributed by atoms with Crippen LogP contribution in [0, 0.1) is 0 Å². The summed E-state index contributed by atoms with van der Waals surface area (Å²) in [6.45, 7) is -1.02. The van der Waals surface area contributed by atoms with Crippen LogP contribution in [0.5, 0.6) is 0 Å². The molecule has 0 bridgehead atoms. The Morgan fingerprint density at radius 2 is 1.91 bits per heavy atom. The third-order valence-electron chi connectivity index (χ3n) is 5.16. The topological polar surface area (TPSA) is 150 Å². The summed E-state index contributed by atoms with van der Waals surface area (Å²) in [6, 6.07) is 10.4. The molecule has 14 heteroatoms. The Labute approximate surface area is 193 Å². The molecule has 5 aromatic rings. The fourth-order valence-corrected chi connectivity index (χ4v) is 3.66. The van der Waals surface area contributed by atoms with E-state index in [2.05, 4.69) is 29.7 Å². The third-order valence-corrected chi connectivity index (χ3v) is 5.16. The first-order valence-electron chi connectivity index (χ1n) is 10.0. The van der Waals surface area contributed by atoms with E-state index in [1.807, 2.05) is 0 Å². The lowest BCUT2D eigenvalue weighted by molar-refractivity contribution is -0.153. The third kappa shape index (κ3) is 3.89. The molecule has 0 radical (unpaired) electrons. The van der Waals surface area contributed by atoms with E-state index in [-0.39, 0.29) is 17.3 Å². The quantitative estimate of drug-likeness (QED) is 0.382. The lowest BCUT2D eigenvalue weighted by Gasteiger charge is -2.12. The standard InChI is InChI=1S/C21H15F3N8O3/c22-21(23,24)17-14(26-10-35-17)8-31-20(34)32-18(30-31)15(12-6-13(9-33)29-27-7-12)16(28-19(32)25)11-4-2-1-3-5-11/h1-7,10,33H,8-9H2,(H2,25,28). The van der Waals surface area contributed by atoms with E-state index in [0.717, 1.165) is 9.08 Å². The first-order chi connectivity index (χ1) is 16.8. The van der Waals surface area contributed by atoms with Crippen molar-refractivity contribution in [1.29, 1.82) is 0 Å². The van der Waals surface area contributed by atoms with Crippen molar-refractivity contribution in [1.82, 2.24) is 34.3 Å². The second-order valence-corrected chi connectivity index (χ2v) is 7.38. The summed E-state index contributed by atoms with van der Waals surface area (Å²) in [6.07, 6.45) is -2.77. The number of hydrogen-bond acceptors (Lipinski definition) is 9. The van der Waals surface area contributed by atoms with E-state index >= 15 is 0 Å². The van der Waals surface area contributed by atoms with Gasteiger partial charge in [-0.15, -0.1) is 5.10 Å². The minimum atomic E-state index is -4.80. The second-order valence-electron chi connectivity index (χ2n) is 7.38. The van der Waals surface area contributed by atoms with Gasteiger partial charge in [0.05, 0.1) is 36.3 Å². The van der Waals surface area contributed by atoms with Gasteiger partial charge in [0.25, 0.3) is 0 Å². The number of nitrogens with two attached hydrogens (primary N) is 1. The van der Waals surface area contributed by atoms with Gasteiger partial charge in [-0.05, 0) is 6.07 Å². The summed E-state index contributed by atoms with van der Waals surface area (Å²) < 4.78 is 46.0. The van der Waals surface area contributed by atoms with Gasteiger partial charge in [-0.3, -0.25) is 0 Å². The second kappa shape index (κ2) is 8.32. The number of nitrogens with zero attached hydrogens (tertiary/aromatic N) is 7. The van der Waals surface area contributed by atoms with Crippen LogP contribution in [0.1, 0.15) is 17.1 Å². The highest BCUT2D eigenvalue weighted by Gasteiger charge is 2.38. The Kier molecular flexibility index (Phi) is 5.28. The molecular weight excluding hydrogens is 469 g/mol. The molecule has 4 heterocycles. The van der Waals surface area contributed by atoms with Crippen molar-refractivity contribution in [2.75, 3.05) is 5.73 Å². The summed E-state index contributed by atoms with van der Waals surface area (Å²) >= 11 is 0. The molecule has 1 aromatic carbocycles. The predicted molar refractivity (Wildman–Crippen MR) is 115 cm³/mol. The number of alkyl halides is 3. The average molecular weight is 484 g/mol. The molecule has 5 rings (SSSR count). The van der Waals surface area contributed by atoms with Crippen LogP contribution in [0.4, 0.5) is 19.1 Å². The van der Waals surface area contributed by atoms with Crippen molar-refractivity contribution in [3.63, 3.8) is 0 Å². The van der Waals surface area contributed by atoms with Gasteiger partial charge in [0.1, 0.15) is 5.69 Å². The van der Waals surface area contributed by atoms with E-state index in [4.69, 9.17) is 5.73 Å². The Bertz CT molecular complexity index is 1590. The molecule has 0 fully saturated rings. The van der Waals surface area contributed by atoms with Crippen molar-refractivity contribution in [2.24, 2.45) is 0 Å². The molecule has 0 aliphatic rings. The fraction of sp³-hybridized carbons (Fsp3) is 0.143. The molecule has 0 saturated heterocycles. The maximum absolute atomic E-state index is 13.2. The van der Waals surface area contributed by atoms with Crippen molar-refractivity contribution in [3.8, 4) is 22.4 Å². The molecule has 0 unspecified atom stereocenters. The van der Waals surface area contributed by atoms with Gasteiger partial charge < -0.3 is 15.3 Å². The number of hydrogen-bond donors (Lipinski definition) is 2. The van der Waals surface area contributed by atoms with Gasteiger partial charge in [0, 0.05) is 11.1 Å². The van der Waals surface area contributed by atoms with E-state index in [1.54, 1.807) is 30.3 Å². The van der Waals surface area contributed by atoms with Gasteiger partial charge in [-0.2, -0.15) is 23.4 Å². The van der Waals surface area contributed by atoms with Crippen LogP contribution >= 0.6 is 0 Å². The van der Waals surface area contributed by atoms with Gasteiger partial charge >= 0.3 is 11.9 Å². The number of aliphatic hydroxyl groups excluding tert-OH is 1. The molecule has 3 N–H and O–H groups in total. The molecular formula is C21H15F3N8O3. The van der Waals surface area contributed by atoms with Crippen LogP contribution in [0.15, 0.2) is 58.2 Å². The normalized spacial score (nSPS) is 11.9. The zero-order chi connectivity index (χ0) is 24.7. The number of aromatic nitrogens is 7. The van der Waals surface area contributed by atoms with Gasteiger partial charge in [-0.25, -0.2) is 23.8 Å². The highest BCUT2D eigenvalue weighted by Crippen LogP contribution is 2.35. The first-order valence-corrected chi connectivity index (χ1v) is 10.0. The monoisotopic (exact) mass is 484 g/mol. The largest absolute Gasteiger partial charge is 0.451 e. The number of benzene rings is 1. The highest BCUT2D eigenvalue weighted by molar-refractivity contribution is 5.90. The van der Waals surface area contributed by atoms with Gasteiger partial charge in [0.15, 0.2) is 12.0 Å². The average Bonchev–Trinajstić information content (AvgIpc) is 3.45. The molecule has 0 saturated carbocycles. The lowest BCUT2D eigenvalue weighted by Crippen LogP contribution is -2.24. The van der Waals surface area contributed by atoms with E-state index in [9.17, 15) is 23.1 Å². The van der Waals surface area contributed by atoms with Crippen LogP contribution in [0.3, 0.4) is 0 Å². The fourth-order valence-electron chi connectivity index (χ4n) is 3.66. The maximum atomic E-state index is 13.2.